The van der Waals surface area contributed by atoms with E-state index in [1.165, 1.54) is 34.8 Å². The number of amides is 2. The van der Waals surface area contributed by atoms with Gasteiger partial charge in [-0.1, -0.05) is 38.5 Å². The summed E-state index contributed by atoms with van der Waals surface area (Å²) in [5.41, 5.74) is 2.95. The molecule has 0 saturated carbocycles. The Balaban J connectivity index is 0.000000394. The van der Waals surface area contributed by atoms with Crippen molar-refractivity contribution >= 4 is 51.5 Å². The van der Waals surface area contributed by atoms with Crippen molar-refractivity contribution in [1.82, 2.24) is 5.32 Å². The number of carbonyl (C=O) groups is 2. The van der Waals surface area contributed by atoms with E-state index in [1.807, 2.05) is 24.4 Å². The van der Waals surface area contributed by atoms with Crippen LogP contribution in [0.3, 0.4) is 0 Å². The van der Waals surface area contributed by atoms with Crippen LogP contribution >= 0.6 is 11.8 Å². The third-order valence-electron chi connectivity index (χ3n) is 5.31. The number of benzene rings is 2. The number of thioether (sulfide) groups is 1. The number of aryl methyl sites for hydroxylation is 1. The van der Waals surface area contributed by atoms with E-state index in [4.69, 9.17) is 4.42 Å². The van der Waals surface area contributed by atoms with Crippen LogP contribution in [0.5, 0.6) is 0 Å². The molecule has 0 spiro atoms. The van der Waals surface area contributed by atoms with Crippen LogP contribution in [0.1, 0.15) is 57.3 Å². The van der Waals surface area contributed by atoms with E-state index < -0.39 is 11.8 Å². The summed E-state index contributed by atoms with van der Waals surface area (Å²) in [5.74, 6) is -0.211. The first-order chi connectivity index (χ1) is 17.8. The third-order valence-corrected chi connectivity index (χ3v) is 6.28. The molecular weight excluding hydrogens is 491 g/mol. The SMILES string of the molecule is CCC/C=N\C(NC)c1ccc(NC(=O)/N=C(/C)SCC(=O)CC)c(F)c1.Cc1cccc2occc12. The fourth-order valence-corrected chi connectivity index (χ4v) is 3.91. The number of nitrogens with zero attached hydrogens (tertiary/aromatic N) is 2. The van der Waals surface area contributed by atoms with Crippen LogP contribution in [0.4, 0.5) is 14.9 Å². The smallest absolute Gasteiger partial charge is 0.346 e. The fourth-order valence-electron chi connectivity index (χ4n) is 3.19. The maximum absolute atomic E-state index is 14.3. The number of unbranched alkanes of at least 4 members (excludes halogenated alkanes) is 1. The molecule has 1 heterocycles. The van der Waals surface area contributed by atoms with Crippen molar-refractivity contribution < 1.29 is 18.4 Å². The highest BCUT2D eigenvalue weighted by atomic mass is 32.2. The second-order valence-corrected chi connectivity index (χ2v) is 9.37. The van der Waals surface area contributed by atoms with Crippen LogP contribution in [-0.2, 0) is 4.79 Å². The molecule has 2 N–H and O–H groups in total. The van der Waals surface area contributed by atoms with E-state index in [0.717, 1.165) is 18.4 Å². The number of ketones is 1. The summed E-state index contributed by atoms with van der Waals surface area (Å²) in [7, 11) is 1.75. The number of carbonyl (C=O) groups excluding carboxylic acids is 2. The van der Waals surface area contributed by atoms with Crippen LogP contribution in [0.25, 0.3) is 11.0 Å². The highest BCUT2D eigenvalue weighted by molar-refractivity contribution is 8.14. The zero-order chi connectivity index (χ0) is 27.2. The maximum atomic E-state index is 14.3. The summed E-state index contributed by atoms with van der Waals surface area (Å²) in [4.78, 5) is 31.4. The molecule has 0 aliphatic carbocycles. The lowest BCUT2D eigenvalue weighted by Gasteiger charge is -2.13. The van der Waals surface area contributed by atoms with Crippen molar-refractivity contribution in [2.24, 2.45) is 9.98 Å². The summed E-state index contributed by atoms with van der Waals surface area (Å²) in [6.45, 7) is 7.56. The van der Waals surface area contributed by atoms with Crippen molar-refractivity contribution in [1.29, 1.82) is 0 Å². The number of hydrogen-bond donors (Lipinski definition) is 2. The van der Waals surface area contributed by atoms with Crippen LogP contribution in [0, 0.1) is 12.7 Å². The van der Waals surface area contributed by atoms with Gasteiger partial charge >= 0.3 is 6.03 Å². The molecule has 1 unspecified atom stereocenters. The molecule has 3 rings (SSSR count). The Labute approximate surface area is 222 Å². The molecular formula is C28H35FN4O3S. The minimum Gasteiger partial charge on any atom is -0.464 e. The summed E-state index contributed by atoms with van der Waals surface area (Å²) in [6, 6.07) is 11.9. The predicted octanol–water partition coefficient (Wildman–Crippen LogP) is 7.32. The molecule has 0 aliphatic heterocycles. The van der Waals surface area contributed by atoms with E-state index in [-0.39, 0.29) is 23.4 Å². The van der Waals surface area contributed by atoms with Crippen molar-refractivity contribution in [2.45, 2.75) is 53.1 Å². The molecule has 0 fully saturated rings. The van der Waals surface area contributed by atoms with E-state index in [0.29, 0.717) is 17.0 Å². The summed E-state index contributed by atoms with van der Waals surface area (Å²) in [6.07, 6.45) is 5.48. The second-order valence-electron chi connectivity index (χ2n) is 8.20. The summed E-state index contributed by atoms with van der Waals surface area (Å²) in [5, 5.41) is 7.10. The van der Waals surface area contributed by atoms with E-state index in [1.54, 1.807) is 33.2 Å². The third kappa shape index (κ3) is 9.93. The van der Waals surface area contributed by atoms with Crippen molar-refractivity contribution in [2.75, 3.05) is 18.1 Å². The minimum absolute atomic E-state index is 0.0438. The Kier molecular flexibility index (Phi) is 12.7. The predicted molar refractivity (Wildman–Crippen MR) is 152 cm³/mol. The minimum atomic E-state index is -0.679. The van der Waals surface area contributed by atoms with E-state index in [2.05, 4.69) is 40.5 Å². The highest BCUT2D eigenvalue weighted by Gasteiger charge is 2.12. The van der Waals surface area contributed by atoms with Crippen LogP contribution < -0.4 is 10.6 Å². The number of hydrogen-bond acceptors (Lipinski definition) is 6. The molecule has 2 amide bonds. The molecule has 198 valence electrons. The van der Waals surface area contributed by atoms with Gasteiger partial charge in [0, 0.05) is 18.0 Å². The average Bonchev–Trinajstić information content (AvgIpc) is 3.37. The molecule has 0 aliphatic rings. The lowest BCUT2D eigenvalue weighted by Crippen LogP contribution is -2.15. The lowest BCUT2D eigenvalue weighted by atomic mass is 10.1. The van der Waals surface area contributed by atoms with Gasteiger partial charge in [-0.2, -0.15) is 4.99 Å². The van der Waals surface area contributed by atoms with Crippen LogP contribution in [-0.4, -0.2) is 35.9 Å². The molecule has 0 radical (unpaired) electrons. The summed E-state index contributed by atoms with van der Waals surface area (Å²) >= 11 is 1.19. The lowest BCUT2D eigenvalue weighted by molar-refractivity contribution is -0.116. The van der Waals surface area contributed by atoms with Gasteiger partial charge in [-0.05, 0) is 62.7 Å². The standard InChI is InChI=1S/C19H27FN4O2S.C9H8O/c1-5-7-10-22-18(21-4)14-8-9-17(16(20)11-14)24-19(26)23-13(3)27-12-15(25)6-2;1-7-3-2-4-9-8(7)5-6-10-9/h8-11,18,21H,5-7,12H2,1-4H3,(H,24,26);2-6H,1H3/b22-10-,23-13-;. The Morgan fingerprint density at radius 1 is 1.19 bits per heavy atom. The van der Waals surface area contributed by atoms with Crippen molar-refractivity contribution in [3.63, 3.8) is 0 Å². The Morgan fingerprint density at radius 2 is 1.97 bits per heavy atom. The maximum Gasteiger partial charge on any atom is 0.346 e. The zero-order valence-electron chi connectivity index (χ0n) is 22.0. The fraction of sp³-hybridized carbons (Fsp3) is 0.357. The Hall–Kier alpha value is -3.30. The molecule has 1 aromatic heterocycles. The van der Waals surface area contributed by atoms with Gasteiger partial charge in [-0.25, -0.2) is 9.18 Å². The quantitative estimate of drug-likeness (QED) is 0.225. The topological polar surface area (TPSA) is 96.1 Å². The van der Waals surface area contributed by atoms with Crippen molar-refractivity contribution in [3.05, 3.63) is 65.7 Å². The zero-order valence-corrected chi connectivity index (χ0v) is 22.8. The molecule has 0 saturated heterocycles. The number of aliphatic imine (C=N–C) groups is 2. The largest absolute Gasteiger partial charge is 0.464 e. The van der Waals surface area contributed by atoms with Gasteiger partial charge in [-0.3, -0.25) is 15.1 Å². The number of anilines is 1. The molecule has 9 heteroatoms. The first kappa shape index (κ1) is 29.9. The number of urea groups is 1. The van der Waals surface area contributed by atoms with E-state index >= 15 is 0 Å². The first-order valence-corrected chi connectivity index (χ1v) is 13.2. The Bertz CT molecular complexity index is 1240. The normalized spacial score (nSPS) is 12.3. The van der Waals surface area contributed by atoms with Gasteiger partial charge in [0.05, 0.1) is 22.7 Å². The van der Waals surface area contributed by atoms with Gasteiger partial charge in [-0.15, -0.1) is 11.8 Å². The monoisotopic (exact) mass is 526 g/mol. The number of halogens is 1. The Morgan fingerprint density at radius 3 is 2.62 bits per heavy atom. The number of furan rings is 1. The van der Waals surface area contributed by atoms with Crippen LogP contribution in [0.15, 0.2) is 63.1 Å². The molecule has 37 heavy (non-hydrogen) atoms. The van der Waals surface area contributed by atoms with E-state index in [9.17, 15) is 14.0 Å². The number of rotatable bonds is 9. The average molecular weight is 527 g/mol. The van der Waals surface area contributed by atoms with Crippen LogP contribution in [0.2, 0.25) is 0 Å². The summed E-state index contributed by atoms with van der Waals surface area (Å²) < 4.78 is 19.5. The molecule has 0 bridgehead atoms. The highest BCUT2D eigenvalue weighted by Crippen LogP contribution is 2.22. The van der Waals surface area contributed by atoms with Gasteiger partial charge in [0.1, 0.15) is 23.3 Å². The van der Waals surface area contributed by atoms with Gasteiger partial charge in [0.15, 0.2) is 0 Å². The van der Waals surface area contributed by atoms with Gasteiger partial charge < -0.3 is 9.73 Å². The molecule has 2 aromatic carbocycles. The number of Topliss-reactive ketones (excluding diaryl/α,β-unsaturated/α-hetero) is 1. The van der Waals surface area contributed by atoms with Gasteiger partial charge in [0.2, 0.25) is 0 Å². The molecule has 3 aromatic rings. The second kappa shape index (κ2) is 15.7. The van der Waals surface area contributed by atoms with Crippen molar-refractivity contribution in [3.8, 4) is 0 Å². The number of fused-ring (bicyclic) bond motifs is 1. The number of nitrogens with one attached hydrogen (secondary N) is 2. The molecule has 1 atom stereocenters. The van der Waals surface area contributed by atoms with Gasteiger partial charge in [0.25, 0.3) is 0 Å². The molecule has 7 nitrogen and oxygen atoms in total. The first-order valence-electron chi connectivity index (χ1n) is 12.2.